The standard InChI is InChI=1S/C26H28BrN5O3/c1-16-10-18(13-28)11-17(2)24(16)35-25-22(27)14-29-26(31-25)30-20-6-8-32(9-7-20)21-5-3-4-19(12-21)23(34)15-33/h3-5,10-12,14,20,23,33-34H,6-9,15H2,1-2H3,(H,29,30,31). The molecule has 2 heterocycles. The molecule has 0 bridgehead atoms. The Bertz CT molecular complexity index is 1210. The Morgan fingerprint density at radius 2 is 1.94 bits per heavy atom. The largest absolute Gasteiger partial charge is 0.437 e. The van der Waals surface area contributed by atoms with Gasteiger partial charge >= 0.3 is 0 Å². The molecule has 3 aromatic rings. The lowest BCUT2D eigenvalue weighted by Gasteiger charge is -2.34. The lowest BCUT2D eigenvalue weighted by Crippen LogP contribution is -2.39. The number of nitrogens with one attached hydrogen (secondary N) is 1. The van der Waals surface area contributed by atoms with Crippen molar-refractivity contribution < 1.29 is 14.9 Å². The van der Waals surface area contributed by atoms with Crippen molar-refractivity contribution >= 4 is 27.6 Å². The molecule has 0 saturated carbocycles. The minimum Gasteiger partial charge on any atom is -0.437 e. The van der Waals surface area contributed by atoms with Crippen LogP contribution in [0, 0.1) is 25.2 Å². The number of piperidine rings is 1. The summed E-state index contributed by atoms with van der Waals surface area (Å²) in [7, 11) is 0. The van der Waals surface area contributed by atoms with Crippen LogP contribution >= 0.6 is 15.9 Å². The molecule has 8 nitrogen and oxygen atoms in total. The molecular weight excluding hydrogens is 510 g/mol. The molecule has 9 heteroatoms. The molecule has 1 saturated heterocycles. The molecule has 1 aliphatic rings. The number of ether oxygens (including phenoxy) is 1. The zero-order chi connectivity index (χ0) is 24.9. The Labute approximate surface area is 213 Å². The summed E-state index contributed by atoms with van der Waals surface area (Å²) in [5.41, 5.74) is 4.08. The fraction of sp³-hybridized carbons (Fsp3) is 0.346. The van der Waals surface area contributed by atoms with Gasteiger partial charge < -0.3 is 25.2 Å². The fourth-order valence-corrected chi connectivity index (χ4v) is 4.54. The predicted octanol–water partition coefficient (Wildman–Crippen LogP) is 4.63. The number of benzene rings is 2. The van der Waals surface area contributed by atoms with E-state index in [0.29, 0.717) is 33.2 Å². The van der Waals surface area contributed by atoms with Gasteiger partial charge in [0.25, 0.3) is 0 Å². The number of nitrogens with zero attached hydrogens (tertiary/aromatic N) is 4. The number of anilines is 2. The number of rotatable bonds is 7. The third-order valence-electron chi connectivity index (χ3n) is 6.12. The van der Waals surface area contributed by atoms with Crippen LogP contribution in [0.25, 0.3) is 0 Å². The van der Waals surface area contributed by atoms with Crippen molar-refractivity contribution in [1.29, 1.82) is 5.26 Å². The molecule has 1 aliphatic heterocycles. The average Bonchev–Trinajstić information content (AvgIpc) is 2.87. The molecule has 35 heavy (non-hydrogen) atoms. The Hall–Kier alpha value is -3.19. The van der Waals surface area contributed by atoms with Gasteiger partial charge in [-0.1, -0.05) is 12.1 Å². The summed E-state index contributed by atoms with van der Waals surface area (Å²) in [5.74, 6) is 1.59. The van der Waals surface area contributed by atoms with Gasteiger partial charge in [0, 0.05) is 24.8 Å². The zero-order valence-electron chi connectivity index (χ0n) is 19.7. The van der Waals surface area contributed by atoms with E-state index in [9.17, 15) is 15.5 Å². The van der Waals surface area contributed by atoms with E-state index in [0.717, 1.165) is 42.7 Å². The first kappa shape index (κ1) is 24.9. The fourth-order valence-electron chi connectivity index (χ4n) is 4.26. The summed E-state index contributed by atoms with van der Waals surface area (Å²) < 4.78 is 6.77. The second kappa shape index (κ2) is 11.0. The number of hydrogen-bond donors (Lipinski definition) is 3. The molecule has 0 amide bonds. The van der Waals surface area contributed by atoms with Gasteiger partial charge in [-0.3, -0.25) is 0 Å². The summed E-state index contributed by atoms with van der Waals surface area (Å²) in [5, 5.41) is 31.8. The number of aliphatic hydroxyl groups excluding tert-OH is 2. The number of nitriles is 1. The van der Waals surface area contributed by atoms with E-state index in [2.05, 4.69) is 42.2 Å². The van der Waals surface area contributed by atoms with Gasteiger partial charge in [0.2, 0.25) is 11.8 Å². The number of hydrogen-bond acceptors (Lipinski definition) is 8. The van der Waals surface area contributed by atoms with E-state index >= 15 is 0 Å². The summed E-state index contributed by atoms with van der Waals surface area (Å²) in [6, 6.07) is 13.7. The number of halogens is 1. The number of aryl methyl sites for hydroxylation is 2. The van der Waals surface area contributed by atoms with E-state index in [1.54, 1.807) is 18.3 Å². The minimum atomic E-state index is -0.864. The van der Waals surface area contributed by atoms with Crippen LogP contribution in [-0.2, 0) is 0 Å². The molecule has 182 valence electrons. The first-order chi connectivity index (χ1) is 16.9. The van der Waals surface area contributed by atoms with Crippen molar-refractivity contribution in [3.63, 3.8) is 0 Å². The maximum absolute atomic E-state index is 9.93. The molecule has 0 aliphatic carbocycles. The predicted molar refractivity (Wildman–Crippen MR) is 138 cm³/mol. The van der Waals surface area contributed by atoms with Crippen molar-refractivity contribution in [2.75, 3.05) is 29.9 Å². The highest BCUT2D eigenvalue weighted by Gasteiger charge is 2.21. The van der Waals surface area contributed by atoms with Gasteiger partial charge in [-0.25, -0.2) is 4.98 Å². The quantitative estimate of drug-likeness (QED) is 0.399. The normalized spacial score (nSPS) is 14.9. The average molecular weight is 538 g/mol. The lowest BCUT2D eigenvalue weighted by atomic mass is 10.0. The molecule has 0 radical (unpaired) electrons. The SMILES string of the molecule is Cc1cc(C#N)cc(C)c1Oc1nc(NC2CCN(c3cccc(C(O)CO)c3)CC2)ncc1Br. The molecule has 4 rings (SSSR count). The van der Waals surface area contributed by atoms with Crippen LogP contribution in [-0.4, -0.2) is 45.9 Å². The number of aromatic nitrogens is 2. The second-order valence-corrected chi connectivity index (χ2v) is 9.55. The Morgan fingerprint density at radius 1 is 1.23 bits per heavy atom. The molecule has 1 atom stereocenters. The van der Waals surface area contributed by atoms with Gasteiger partial charge in [-0.05, 0) is 83.6 Å². The molecule has 1 aromatic heterocycles. The molecular formula is C26H28BrN5O3. The zero-order valence-corrected chi connectivity index (χ0v) is 21.3. The molecule has 1 fully saturated rings. The molecule has 3 N–H and O–H groups in total. The summed E-state index contributed by atoms with van der Waals surface area (Å²) in [6.07, 6.45) is 2.61. The van der Waals surface area contributed by atoms with E-state index in [4.69, 9.17) is 4.74 Å². The van der Waals surface area contributed by atoms with Gasteiger partial charge in [0.15, 0.2) is 0 Å². The topological polar surface area (TPSA) is 115 Å². The van der Waals surface area contributed by atoms with Crippen LogP contribution in [0.1, 0.15) is 41.2 Å². The van der Waals surface area contributed by atoms with Crippen molar-refractivity contribution in [2.45, 2.75) is 38.8 Å². The van der Waals surface area contributed by atoms with Crippen molar-refractivity contribution in [1.82, 2.24) is 9.97 Å². The van der Waals surface area contributed by atoms with Crippen LogP contribution in [0.3, 0.4) is 0 Å². The Morgan fingerprint density at radius 3 is 2.60 bits per heavy atom. The highest BCUT2D eigenvalue weighted by molar-refractivity contribution is 9.10. The van der Waals surface area contributed by atoms with E-state index in [1.807, 2.05) is 38.1 Å². The lowest BCUT2D eigenvalue weighted by molar-refractivity contribution is 0.0956. The van der Waals surface area contributed by atoms with Crippen LogP contribution in [0.5, 0.6) is 11.6 Å². The Kier molecular flexibility index (Phi) is 7.86. The highest BCUT2D eigenvalue weighted by atomic mass is 79.9. The first-order valence-corrected chi connectivity index (χ1v) is 12.3. The molecule has 0 spiro atoms. The van der Waals surface area contributed by atoms with Crippen LogP contribution in [0.2, 0.25) is 0 Å². The summed E-state index contributed by atoms with van der Waals surface area (Å²) in [4.78, 5) is 11.3. The first-order valence-electron chi connectivity index (χ1n) is 11.5. The van der Waals surface area contributed by atoms with E-state index < -0.39 is 6.10 Å². The van der Waals surface area contributed by atoms with E-state index in [-0.39, 0.29) is 12.6 Å². The van der Waals surface area contributed by atoms with Gasteiger partial charge in [-0.15, -0.1) is 0 Å². The minimum absolute atomic E-state index is 0.213. The maximum atomic E-state index is 9.93. The monoisotopic (exact) mass is 537 g/mol. The summed E-state index contributed by atoms with van der Waals surface area (Å²) in [6.45, 7) is 5.22. The van der Waals surface area contributed by atoms with E-state index in [1.165, 1.54) is 0 Å². The second-order valence-electron chi connectivity index (χ2n) is 8.70. The van der Waals surface area contributed by atoms with Crippen LogP contribution < -0.4 is 15.0 Å². The van der Waals surface area contributed by atoms with Crippen molar-refractivity contribution in [2.24, 2.45) is 0 Å². The third-order valence-corrected chi connectivity index (χ3v) is 6.67. The van der Waals surface area contributed by atoms with Crippen molar-refractivity contribution in [3.8, 4) is 17.7 Å². The van der Waals surface area contributed by atoms with Crippen molar-refractivity contribution in [3.05, 3.63) is 69.3 Å². The van der Waals surface area contributed by atoms with Gasteiger partial charge in [0.1, 0.15) is 11.9 Å². The molecule has 2 aromatic carbocycles. The number of aliphatic hydroxyl groups is 2. The van der Waals surface area contributed by atoms with Gasteiger partial charge in [0.05, 0.1) is 28.9 Å². The highest BCUT2D eigenvalue weighted by Crippen LogP contribution is 2.33. The summed E-state index contributed by atoms with van der Waals surface area (Å²) >= 11 is 3.47. The third kappa shape index (κ3) is 5.90. The van der Waals surface area contributed by atoms with Crippen LogP contribution in [0.4, 0.5) is 11.6 Å². The Balaban J connectivity index is 1.41. The smallest absolute Gasteiger partial charge is 0.238 e. The molecule has 1 unspecified atom stereocenters. The van der Waals surface area contributed by atoms with Crippen LogP contribution in [0.15, 0.2) is 47.1 Å². The van der Waals surface area contributed by atoms with Gasteiger partial charge in [-0.2, -0.15) is 10.2 Å². The maximum Gasteiger partial charge on any atom is 0.238 e.